The first kappa shape index (κ1) is 21.6. The molecule has 1 fully saturated rings. The summed E-state index contributed by atoms with van der Waals surface area (Å²) in [6.45, 7) is 0.467. The second-order valence-corrected chi connectivity index (χ2v) is 8.21. The van der Waals surface area contributed by atoms with Gasteiger partial charge >= 0.3 is 0 Å². The van der Waals surface area contributed by atoms with Gasteiger partial charge in [-0.15, -0.1) is 0 Å². The standard InChI is InChI=1S/C27H27NO4/c29-22-12-8-20(9-13-22)27(21-10-14-23(30)15-11-21)24(19-5-1-2-6-19)7-3-4-18-28-25(31)16-17-26(28)32/h1-2,5-6,8-15,27,29-30H,3-4,7,16-18H2. The Morgan fingerprint density at radius 2 is 1.28 bits per heavy atom. The van der Waals surface area contributed by atoms with Gasteiger partial charge in [-0.1, -0.05) is 54.1 Å². The van der Waals surface area contributed by atoms with Crippen LogP contribution in [0.2, 0.25) is 0 Å². The molecule has 2 aliphatic rings. The van der Waals surface area contributed by atoms with E-state index in [9.17, 15) is 19.8 Å². The number of amides is 2. The van der Waals surface area contributed by atoms with Gasteiger partial charge in [0, 0.05) is 25.3 Å². The highest BCUT2D eigenvalue weighted by atomic mass is 16.3. The maximum absolute atomic E-state index is 11.9. The van der Waals surface area contributed by atoms with Gasteiger partial charge in [0.2, 0.25) is 11.8 Å². The predicted molar refractivity (Wildman–Crippen MR) is 123 cm³/mol. The summed E-state index contributed by atoms with van der Waals surface area (Å²) >= 11 is 0. The maximum Gasteiger partial charge on any atom is 0.229 e. The lowest BCUT2D eigenvalue weighted by molar-refractivity contribution is -0.138. The van der Waals surface area contributed by atoms with Crippen molar-refractivity contribution in [1.29, 1.82) is 0 Å². The van der Waals surface area contributed by atoms with Gasteiger partial charge < -0.3 is 10.2 Å². The highest BCUT2D eigenvalue weighted by molar-refractivity contribution is 6.01. The van der Waals surface area contributed by atoms with Crippen LogP contribution in [0.5, 0.6) is 11.5 Å². The summed E-state index contributed by atoms with van der Waals surface area (Å²) < 4.78 is 0. The van der Waals surface area contributed by atoms with Crippen molar-refractivity contribution in [2.45, 2.75) is 38.0 Å². The Hall–Kier alpha value is -3.60. The van der Waals surface area contributed by atoms with Crippen molar-refractivity contribution in [2.75, 3.05) is 6.54 Å². The molecule has 0 saturated carbocycles. The summed E-state index contributed by atoms with van der Waals surface area (Å²) in [6.07, 6.45) is 11.3. The van der Waals surface area contributed by atoms with Crippen molar-refractivity contribution >= 4 is 11.8 Å². The number of phenols is 2. The highest BCUT2D eigenvalue weighted by Crippen LogP contribution is 2.39. The van der Waals surface area contributed by atoms with Crippen LogP contribution in [0.4, 0.5) is 0 Å². The van der Waals surface area contributed by atoms with Crippen molar-refractivity contribution in [3.05, 3.63) is 95.1 Å². The van der Waals surface area contributed by atoms with Crippen molar-refractivity contribution < 1.29 is 19.8 Å². The van der Waals surface area contributed by atoms with Crippen molar-refractivity contribution in [3.63, 3.8) is 0 Å². The molecule has 2 aromatic rings. The van der Waals surface area contributed by atoms with E-state index in [0.29, 0.717) is 19.4 Å². The molecular formula is C27H27NO4. The number of allylic oxidation sites excluding steroid dienone is 6. The number of carbonyl (C=O) groups excluding carboxylic acids is 2. The van der Waals surface area contributed by atoms with Gasteiger partial charge in [-0.2, -0.15) is 0 Å². The van der Waals surface area contributed by atoms with Gasteiger partial charge in [-0.3, -0.25) is 14.5 Å². The highest BCUT2D eigenvalue weighted by Gasteiger charge is 2.28. The lowest BCUT2D eigenvalue weighted by Crippen LogP contribution is -2.29. The van der Waals surface area contributed by atoms with Gasteiger partial charge in [0.25, 0.3) is 0 Å². The van der Waals surface area contributed by atoms with Crippen LogP contribution < -0.4 is 0 Å². The first-order valence-corrected chi connectivity index (χ1v) is 11.0. The molecule has 0 atom stereocenters. The third-order valence-electron chi connectivity index (χ3n) is 6.07. The van der Waals surface area contributed by atoms with E-state index in [4.69, 9.17) is 0 Å². The van der Waals surface area contributed by atoms with Crippen LogP contribution in [0.3, 0.4) is 0 Å². The van der Waals surface area contributed by atoms with E-state index in [2.05, 4.69) is 12.2 Å². The molecule has 2 aromatic carbocycles. The molecular weight excluding hydrogens is 402 g/mol. The molecule has 0 bridgehead atoms. The minimum Gasteiger partial charge on any atom is -0.508 e. The van der Waals surface area contributed by atoms with Crippen LogP contribution in [0.1, 0.15) is 49.1 Å². The molecule has 5 heteroatoms. The summed E-state index contributed by atoms with van der Waals surface area (Å²) in [5.41, 5.74) is 4.47. The Balaban J connectivity index is 1.60. The number of phenolic OH excluding ortho intramolecular Hbond substituents is 2. The fourth-order valence-corrected chi connectivity index (χ4v) is 4.43. The van der Waals surface area contributed by atoms with Crippen LogP contribution in [0.15, 0.2) is 84.0 Å². The van der Waals surface area contributed by atoms with Crippen LogP contribution in [0, 0.1) is 0 Å². The Kier molecular flexibility index (Phi) is 6.55. The number of hydrogen-bond donors (Lipinski definition) is 2. The predicted octanol–water partition coefficient (Wildman–Crippen LogP) is 4.97. The first-order valence-electron chi connectivity index (χ1n) is 11.0. The molecule has 0 radical (unpaired) electrons. The van der Waals surface area contributed by atoms with E-state index in [1.165, 1.54) is 10.5 Å². The molecule has 0 spiro atoms. The van der Waals surface area contributed by atoms with Crippen LogP contribution in [-0.4, -0.2) is 33.5 Å². The minimum atomic E-state index is -0.0682. The van der Waals surface area contributed by atoms with E-state index >= 15 is 0 Å². The third kappa shape index (κ3) is 4.83. The summed E-state index contributed by atoms with van der Waals surface area (Å²) in [4.78, 5) is 25.2. The second kappa shape index (κ2) is 9.69. The molecule has 1 heterocycles. The number of benzene rings is 2. The van der Waals surface area contributed by atoms with E-state index < -0.39 is 0 Å². The molecule has 4 rings (SSSR count). The van der Waals surface area contributed by atoms with E-state index in [1.807, 2.05) is 36.4 Å². The fraction of sp³-hybridized carbons (Fsp3) is 0.259. The van der Waals surface area contributed by atoms with Crippen molar-refractivity contribution in [1.82, 2.24) is 4.90 Å². The summed E-state index contributed by atoms with van der Waals surface area (Å²) in [5, 5.41) is 19.6. The number of carbonyl (C=O) groups is 2. The zero-order valence-electron chi connectivity index (χ0n) is 17.9. The molecule has 164 valence electrons. The Bertz CT molecular complexity index is 1000. The Morgan fingerprint density at radius 1 is 0.781 bits per heavy atom. The maximum atomic E-state index is 11.9. The number of aromatic hydroxyl groups is 2. The number of likely N-dealkylation sites (tertiary alicyclic amines) is 1. The van der Waals surface area contributed by atoms with E-state index in [-0.39, 0.29) is 29.2 Å². The van der Waals surface area contributed by atoms with Crippen LogP contribution in [-0.2, 0) is 9.59 Å². The monoisotopic (exact) mass is 429 g/mol. The first-order chi connectivity index (χ1) is 15.5. The van der Waals surface area contributed by atoms with E-state index in [0.717, 1.165) is 36.0 Å². The smallest absolute Gasteiger partial charge is 0.229 e. The Labute approximate surface area is 188 Å². The number of nitrogens with zero attached hydrogens (tertiary/aromatic N) is 1. The topological polar surface area (TPSA) is 77.8 Å². The SMILES string of the molecule is O=C1CCC(=O)N1CCCCC(=C1C=CC=C1)C(c1ccc(O)cc1)c1ccc(O)cc1. The lowest BCUT2D eigenvalue weighted by Gasteiger charge is -2.24. The summed E-state index contributed by atoms with van der Waals surface area (Å²) in [5.74, 6) is 0.247. The average Bonchev–Trinajstić information content (AvgIpc) is 3.43. The molecule has 32 heavy (non-hydrogen) atoms. The van der Waals surface area contributed by atoms with Crippen LogP contribution >= 0.6 is 0 Å². The molecule has 5 nitrogen and oxygen atoms in total. The third-order valence-corrected chi connectivity index (χ3v) is 6.07. The van der Waals surface area contributed by atoms with Gasteiger partial charge in [0.1, 0.15) is 11.5 Å². The van der Waals surface area contributed by atoms with E-state index in [1.54, 1.807) is 24.3 Å². The van der Waals surface area contributed by atoms with Gasteiger partial charge in [0.05, 0.1) is 0 Å². The fourth-order valence-electron chi connectivity index (χ4n) is 4.43. The molecule has 2 amide bonds. The summed E-state index contributed by atoms with van der Waals surface area (Å²) in [6, 6.07) is 14.5. The zero-order chi connectivity index (χ0) is 22.5. The average molecular weight is 430 g/mol. The number of unbranched alkanes of at least 4 members (excludes halogenated alkanes) is 1. The lowest BCUT2D eigenvalue weighted by atomic mass is 9.80. The minimum absolute atomic E-state index is 0.0475. The molecule has 0 aromatic heterocycles. The molecule has 1 aliphatic heterocycles. The zero-order valence-corrected chi connectivity index (χ0v) is 17.9. The van der Waals surface area contributed by atoms with Gasteiger partial charge in [-0.25, -0.2) is 0 Å². The second-order valence-electron chi connectivity index (χ2n) is 8.21. The van der Waals surface area contributed by atoms with Gasteiger partial charge in [0.15, 0.2) is 0 Å². The Morgan fingerprint density at radius 3 is 1.78 bits per heavy atom. The molecule has 1 saturated heterocycles. The normalized spacial score (nSPS) is 15.4. The quantitative estimate of drug-likeness (QED) is 0.459. The molecule has 1 aliphatic carbocycles. The van der Waals surface area contributed by atoms with Crippen molar-refractivity contribution in [2.24, 2.45) is 0 Å². The number of hydrogen-bond acceptors (Lipinski definition) is 4. The molecule has 0 unspecified atom stereocenters. The number of rotatable bonds is 8. The van der Waals surface area contributed by atoms with Crippen molar-refractivity contribution in [3.8, 4) is 11.5 Å². The van der Waals surface area contributed by atoms with Gasteiger partial charge in [-0.05, 0) is 60.2 Å². The summed E-state index contributed by atoms with van der Waals surface area (Å²) in [7, 11) is 0. The van der Waals surface area contributed by atoms with Crippen LogP contribution in [0.25, 0.3) is 0 Å². The number of imide groups is 1. The largest absolute Gasteiger partial charge is 0.508 e. The molecule has 2 N–H and O–H groups in total.